The molecule has 0 radical (unpaired) electrons. The van der Waals surface area contributed by atoms with Gasteiger partial charge in [-0.1, -0.05) is 68.2 Å². The van der Waals surface area contributed by atoms with Gasteiger partial charge in [0.05, 0.1) is 6.10 Å². The second-order valence-corrected chi connectivity index (χ2v) is 11.3. The topological polar surface area (TPSA) is 43.4 Å². The number of rotatable bonds is 2. The fourth-order valence-corrected chi connectivity index (χ4v) is 7.76. The normalized spacial score (nSPS) is 35.5. The first kappa shape index (κ1) is 22.5. The van der Waals surface area contributed by atoms with Gasteiger partial charge in [0.2, 0.25) is 0 Å². The van der Waals surface area contributed by atoms with Gasteiger partial charge in [0.15, 0.2) is 5.78 Å². The third kappa shape index (κ3) is 3.54. The number of ether oxygens (including phenoxy) is 1. The largest absolute Gasteiger partial charge is 0.361 e. The van der Waals surface area contributed by atoms with Crippen LogP contribution in [0.3, 0.4) is 0 Å². The van der Waals surface area contributed by atoms with E-state index in [1.54, 1.807) is 6.08 Å². The number of carbonyl (C=O) groups is 2. The van der Waals surface area contributed by atoms with Crippen molar-refractivity contribution in [3.63, 3.8) is 0 Å². The van der Waals surface area contributed by atoms with Crippen molar-refractivity contribution in [1.29, 1.82) is 0 Å². The standard InChI is InChI=1S/C32H32O3/c1-31-16-14-23(33)19-28(31)29(20-25-26-12-13-30(34)32(26,2)17-15-27(25)31)35-18-6-10-22-9-5-8-21-7-3-4-11-24(21)22/h3-5,7-9,11,14,16,19,25-27,29H,12-13,15,17-18,20H2,1-2H3. The highest BCUT2D eigenvalue weighted by Gasteiger charge is 2.60. The predicted molar refractivity (Wildman–Crippen MR) is 138 cm³/mol. The van der Waals surface area contributed by atoms with Crippen molar-refractivity contribution in [3.8, 4) is 11.8 Å². The van der Waals surface area contributed by atoms with Crippen LogP contribution in [0.1, 0.15) is 51.5 Å². The van der Waals surface area contributed by atoms with Crippen molar-refractivity contribution in [2.24, 2.45) is 28.6 Å². The van der Waals surface area contributed by atoms with Gasteiger partial charge in [0.25, 0.3) is 0 Å². The lowest BCUT2D eigenvalue weighted by Crippen LogP contribution is -2.53. The number of Topliss-reactive ketones (excluding diaryl/α,β-unsaturated/α-hetero) is 1. The Morgan fingerprint density at radius 1 is 1.03 bits per heavy atom. The Kier molecular flexibility index (Phi) is 5.35. The van der Waals surface area contributed by atoms with Gasteiger partial charge in [-0.15, -0.1) is 0 Å². The summed E-state index contributed by atoms with van der Waals surface area (Å²) in [5.74, 6) is 8.31. The number of hydrogen-bond donors (Lipinski definition) is 0. The third-order valence-corrected chi connectivity index (χ3v) is 9.63. The van der Waals surface area contributed by atoms with E-state index in [0.29, 0.717) is 36.6 Å². The van der Waals surface area contributed by atoms with E-state index in [-0.39, 0.29) is 22.7 Å². The monoisotopic (exact) mass is 464 g/mol. The van der Waals surface area contributed by atoms with Crippen LogP contribution in [0.15, 0.2) is 66.3 Å². The van der Waals surface area contributed by atoms with Crippen molar-refractivity contribution in [2.45, 2.75) is 52.1 Å². The highest BCUT2D eigenvalue weighted by atomic mass is 16.5. The lowest BCUT2D eigenvalue weighted by molar-refractivity contribution is -0.133. The maximum atomic E-state index is 12.8. The molecular formula is C32H32O3. The molecule has 0 heterocycles. The van der Waals surface area contributed by atoms with Gasteiger partial charge in [-0.3, -0.25) is 9.59 Å². The minimum atomic E-state index is -0.197. The second kappa shape index (κ2) is 8.32. The molecule has 35 heavy (non-hydrogen) atoms. The van der Waals surface area contributed by atoms with Crippen molar-refractivity contribution >= 4 is 22.3 Å². The number of ketones is 2. The van der Waals surface area contributed by atoms with Gasteiger partial charge in [0.1, 0.15) is 12.4 Å². The Morgan fingerprint density at radius 3 is 2.74 bits per heavy atom. The van der Waals surface area contributed by atoms with Crippen LogP contribution < -0.4 is 0 Å². The highest BCUT2D eigenvalue weighted by Crippen LogP contribution is 2.63. The summed E-state index contributed by atoms with van der Waals surface area (Å²) >= 11 is 0. The van der Waals surface area contributed by atoms with Gasteiger partial charge < -0.3 is 4.74 Å². The molecule has 6 rings (SSSR count). The Balaban J connectivity index is 1.27. The molecule has 2 aromatic rings. The van der Waals surface area contributed by atoms with E-state index in [0.717, 1.165) is 42.2 Å². The molecule has 3 heteroatoms. The molecule has 178 valence electrons. The molecule has 4 aliphatic rings. The van der Waals surface area contributed by atoms with E-state index in [1.165, 1.54) is 5.39 Å². The zero-order chi connectivity index (χ0) is 24.2. The first-order valence-electron chi connectivity index (χ1n) is 13.0. The van der Waals surface area contributed by atoms with Crippen molar-refractivity contribution in [1.82, 2.24) is 0 Å². The molecule has 6 unspecified atom stereocenters. The first-order chi connectivity index (χ1) is 16.9. The summed E-state index contributed by atoms with van der Waals surface area (Å²) < 4.78 is 6.44. The van der Waals surface area contributed by atoms with Gasteiger partial charge in [0, 0.05) is 22.8 Å². The summed E-state index contributed by atoms with van der Waals surface area (Å²) in [6, 6.07) is 14.5. The molecule has 0 aliphatic heterocycles. The third-order valence-electron chi connectivity index (χ3n) is 9.63. The number of carbonyl (C=O) groups excluding carboxylic acids is 2. The highest BCUT2D eigenvalue weighted by molar-refractivity contribution is 6.01. The van der Waals surface area contributed by atoms with Crippen molar-refractivity contribution < 1.29 is 14.3 Å². The van der Waals surface area contributed by atoms with Crippen LogP contribution in [-0.4, -0.2) is 24.3 Å². The molecule has 3 fully saturated rings. The fraction of sp³-hybridized carbons (Fsp3) is 0.438. The average Bonchev–Trinajstić information content (AvgIpc) is 3.17. The molecule has 0 aromatic heterocycles. The van der Waals surface area contributed by atoms with E-state index in [4.69, 9.17) is 4.74 Å². The van der Waals surface area contributed by atoms with Crippen LogP contribution >= 0.6 is 0 Å². The molecule has 0 bridgehead atoms. The molecule has 0 saturated heterocycles. The number of hydrogen-bond acceptors (Lipinski definition) is 3. The molecule has 0 spiro atoms. The SMILES string of the molecule is CC12C=CC(=O)C=C1C(OCC#Cc1cccc3ccccc13)CC1C2CCC2(C)C(=O)CCC12. The van der Waals surface area contributed by atoms with Crippen LogP contribution in [0.5, 0.6) is 0 Å². The van der Waals surface area contributed by atoms with E-state index in [9.17, 15) is 9.59 Å². The number of allylic oxidation sites excluding steroid dienone is 3. The molecule has 0 amide bonds. The predicted octanol–water partition coefficient (Wildman–Crippen LogP) is 6.06. The summed E-state index contributed by atoms with van der Waals surface area (Å²) in [7, 11) is 0. The maximum absolute atomic E-state index is 12.8. The van der Waals surface area contributed by atoms with Gasteiger partial charge in [-0.2, -0.15) is 0 Å². The quantitative estimate of drug-likeness (QED) is 0.507. The summed E-state index contributed by atoms with van der Waals surface area (Å²) in [5.41, 5.74) is 1.72. The van der Waals surface area contributed by atoms with Crippen LogP contribution in [-0.2, 0) is 14.3 Å². The lowest BCUT2D eigenvalue weighted by Gasteiger charge is -2.57. The fourth-order valence-electron chi connectivity index (χ4n) is 7.76. The molecule has 4 aliphatic carbocycles. The molecule has 2 aromatic carbocycles. The molecular weight excluding hydrogens is 432 g/mol. The van der Waals surface area contributed by atoms with Crippen molar-refractivity contribution in [2.75, 3.05) is 6.61 Å². The Hall–Kier alpha value is -2.96. The molecule has 6 atom stereocenters. The summed E-state index contributed by atoms with van der Waals surface area (Å²) in [4.78, 5) is 25.2. The van der Waals surface area contributed by atoms with Crippen molar-refractivity contribution in [3.05, 3.63) is 71.8 Å². The van der Waals surface area contributed by atoms with Gasteiger partial charge in [-0.25, -0.2) is 0 Å². The first-order valence-corrected chi connectivity index (χ1v) is 13.0. The van der Waals surface area contributed by atoms with Crippen LogP contribution in [0, 0.1) is 40.4 Å². The smallest absolute Gasteiger partial charge is 0.178 e. The van der Waals surface area contributed by atoms with Gasteiger partial charge >= 0.3 is 0 Å². The van der Waals surface area contributed by atoms with E-state index in [1.807, 2.05) is 30.3 Å². The number of fused-ring (bicyclic) bond motifs is 6. The summed E-state index contributed by atoms with van der Waals surface area (Å²) in [6.07, 6.45) is 10.1. The zero-order valence-electron chi connectivity index (χ0n) is 20.6. The van der Waals surface area contributed by atoms with E-state index < -0.39 is 0 Å². The summed E-state index contributed by atoms with van der Waals surface area (Å²) in [5, 5.41) is 2.33. The average molecular weight is 465 g/mol. The second-order valence-electron chi connectivity index (χ2n) is 11.3. The Labute approximate surface area is 207 Å². The molecule has 3 nitrogen and oxygen atoms in total. The molecule has 3 saturated carbocycles. The van der Waals surface area contributed by atoms with Crippen LogP contribution in [0.4, 0.5) is 0 Å². The van der Waals surface area contributed by atoms with Gasteiger partial charge in [-0.05, 0) is 78.0 Å². The van der Waals surface area contributed by atoms with Crippen LogP contribution in [0.2, 0.25) is 0 Å². The maximum Gasteiger partial charge on any atom is 0.178 e. The van der Waals surface area contributed by atoms with Crippen LogP contribution in [0.25, 0.3) is 10.8 Å². The zero-order valence-corrected chi connectivity index (χ0v) is 20.6. The number of benzene rings is 2. The summed E-state index contributed by atoms with van der Waals surface area (Å²) in [6.45, 7) is 4.79. The minimum absolute atomic E-state index is 0.0445. The molecule has 0 N–H and O–H groups in total. The Morgan fingerprint density at radius 2 is 1.86 bits per heavy atom. The van der Waals surface area contributed by atoms with E-state index in [2.05, 4.69) is 50.0 Å². The van der Waals surface area contributed by atoms with E-state index >= 15 is 0 Å². The minimum Gasteiger partial charge on any atom is -0.361 e. The Bertz CT molecular complexity index is 1330. The lowest BCUT2D eigenvalue weighted by atomic mass is 9.48.